The van der Waals surface area contributed by atoms with Gasteiger partial charge in [0.1, 0.15) is 11.5 Å². The second-order valence-corrected chi connectivity index (χ2v) is 6.15. The highest BCUT2D eigenvalue weighted by Crippen LogP contribution is 2.37. The summed E-state index contributed by atoms with van der Waals surface area (Å²) in [6, 6.07) is 3.63. The van der Waals surface area contributed by atoms with E-state index in [9.17, 15) is 5.11 Å². The highest BCUT2D eigenvalue weighted by atomic mass is 16.7. The van der Waals surface area contributed by atoms with E-state index in [0.29, 0.717) is 17.1 Å². The zero-order valence-corrected chi connectivity index (χ0v) is 13.5. The van der Waals surface area contributed by atoms with E-state index in [2.05, 4.69) is 0 Å². The Morgan fingerprint density at radius 1 is 1.00 bits per heavy atom. The van der Waals surface area contributed by atoms with Gasteiger partial charge in [-0.15, -0.1) is 0 Å². The topological polar surface area (TPSA) is 57.2 Å². The zero-order chi connectivity index (χ0) is 15.8. The van der Waals surface area contributed by atoms with Gasteiger partial charge in [-0.25, -0.2) is 0 Å². The molecule has 1 N–H and O–H groups in total. The van der Waals surface area contributed by atoms with Crippen LogP contribution in [-0.4, -0.2) is 37.6 Å². The number of aliphatic hydroxyl groups excluding tert-OH is 1. The molecule has 1 aromatic rings. The lowest BCUT2D eigenvalue weighted by Gasteiger charge is -2.32. The summed E-state index contributed by atoms with van der Waals surface area (Å²) in [5, 5.41) is 9.46. The second-order valence-electron chi connectivity index (χ2n) is 6.15. The molecule has 0 aliphatic carbocycles. The van der Waals surface area contributed by atoms with E-state index in [0.717, 1.165) is 5.46 Å². The number of benzene rings is 1. The lowest BCUT2D eigenvalue weighted by molar-refractivity contribution is 0.00578. The molecule has 0 radical (unpaired) electrons. The first kappa shape index (κ1) is 16.1. The predicted molar refractivity (Wildman–Crippen MR) is 81.2 cm³/mol. The lowest BCUT2D eigenvalue weighted by atomic mass is 9.78. The SMILES string of the molecule is COc1cc(B2OC(C)(C)C(C)(C)O2)cc(OC)c1CO. The zero-order valence-electron chi connectivity index (χ0n) is 13.5. The summed E-state index contributed by atoms with van der Waals surface area (Å²) in [5.41, 5.74) is 0.599. The van der Waals surface area contributed by atoms with Gasteiger partial charge in [0, 0.05) is 0 Å². The molecule has 2 rings (SSSR count). The molecular weight excluding hydrogens is 271 g/mol. The van der Waals surface area contributed by atoms with Crippen molar-refractivity contribution in [2.24, 2.45) is 0 Å². The van der Waals surface area contributed by atoms with Crippen molar-refractivity contribution in [3.8, 4) is 11.5 Å². The van der Waals surface area contributed by atoms with Gasteiger partial charge in [-0.3, -0.25) is 0 Å². The first-order valence-corrected chi connectivity index (χ1v) is 6.97. The van der Waals surface area contributed by atoms with Crippen LogP contribution in [0.15, 0.2) is 12.1 Å². The van der Waals surface area contributed by atoms with Crippen LogP contribution in [0.1, 0.15) is 33.3 Å². The van der Waals surface area contributed by atoms with Gasteiger partial charge < -0.3 is 23.9 Å². The molecule has 1 aliphatic heterocycles. The first-order chi connectivity index (χ1) is 9.75. The van der Waals surface area contributed by atoms with E-state index in [1.54, 1.807) is 14.2 Å². The van der Waals surface area contributed by atoms with Crippen molar-refractivity contribution >= 4 is 12.6 Å². The minimum absolute atomic E-state index is 0.157. The van der Waals surface area contributed by atoms with Crippen LogP contribution in [0.2, 0.25) is 0 Å². The number of rotatable bonds is 4. The number of ether oxygens (including phenoxy) is 2. The van der Waals surface area contributed by atoms with Crippen LogP contribution in [0.5, 0.6) is 11.5 Å². The van der Waals surface area contributed by atoms with E-state index in [-0.39, 0.29) is 6.61 Å². The Labute approximate surface area is 126 Å². The normalized spacial score (nSPS) is 19.7. The van der Waals surface area contributed by atoms with Crippen LogP contribution >= 0.6 is 0 Å². The first-order valence-electron chi connectivity index (χ1n) is 6.97. The summed E-state index contributed by atoms with van der Waals surface area (Å²) in [4.78, 5) is 0. The standard InChI is InChI=1S/C15H23BO5/c1-14(2)15(3,4)21-16(20-14)10-7-12(18-5)11(9-17)13(8-10)19-6/h7-8,17H,9H2,1-6H3. The van der Waals surface area contributed by atoms with Crippen molar-refractivity contribution in [1.29, 1.82) is 0 Å². The molecule has 0 saturated carbocycles. The quantitative estimate of drug-likeness (QED) is 0.853. The van der Waals surface area contributed by atoms with Gasteiger partial charge >= 0.3 is 7.12 Å². The van der Waals surface area contributed by atoms with Gasteiger partial charge in [0.2, 0.25) is 0 Å². The summed E-state index contributed by atoms with van der Waals surface area (Å²) in [6.45, 7) is 7.86. The summed E-state index contributed by atoms with van der Waals surface area (Å²) >= 11 is 0. The van der Waals surface area contributed by atoms with Gasteiger partial charge in [0.05, 0.1) is 37.6 Å². The van der Waals surface area contributed by atoms with Crippen molar-refractivity contribution in [3.05, 3.63) is 17.7 Å². The Hall–Kier alpha value is -1.24. The fraction of sp³-hybridized carbons (Fsp3) is 0.600. The van der Waals surface area contributed by atoms with Gasteiger partial charge in [0.25, 0.3) is 0 Å². The van der Waals surface area contributed by atoms with Crippen LogP contribution in [0, 0.1) is 0 Å². The third-order valence-electron chi connectivity index (χ3n) is 4.31. The second kappa shape index (κ2) is 5.52. The maximum absolute atomic E-state index is 9.46. The third-order valence-corrected chi connectivity index (χ3v) is 4.31. The Bertz CT molecular complexity index is 486. The summed E-state index contributed by atoms with van der Waals surface area (Å²) in [7, 11) is 2.62. The minimum Gasteiger partial charge on any atom is -0.496 e. The smallest absolute Gasteiger partial charge is 0.495 e. The predicted octanol–water partition coefficient (Wildman–Crippen LogP) is 1.50. The molecule has 1 heterocycles. The molecule has 0 unspecified atom stereocenters. The number of aliphatic hydroxyl groups is 1. The van der Waals surface area contributed by atoms with Gasteiger partial charge in [-0.2, -0.15) is 0 Å². The number of hydrogen-bond donors (Lipinski definition) is 1. The van der Waals surface area contributed by atoms with E-state index in [1.807, 2.05) is 39.8 Å². The van der Waals surface area contributed by atoms with E-state index >= 15 is 0 Å². The molecule has 1 fully saturated rings. The van der Waals surface area contributed by atoms with E-state index in [1.165, 1.54) is 0 Å². The molecule has 0 spiro atoms. The molecule has 1 aliphatic rings. The Balaban J connectivity index is 2.42. The number of hydrogen-bond acceptors (Lipinski definition) is 5. The average Bonchev–Trinajstić information content (AvgIpc) is 2.65. The monoisotopic (exact) mass is 294 g/mol. The molecule has 1 saturated heterocycles. The molecule has 0 amide bonds. The van der Waals surface area contributed by atoms with Crippen molar-refractivity contribution in [2.45, 2.75) is 45.5 Å². The van der Waals surface area contributed by atoms with Gasteiger partial charge in [0.15, 0.2) is 0 Å². The summed E-state index contributed by atoms with van der Waals surface area (Å²) in [5.74, 6) is 1.11. The molecule has 1 aromatic carbocycles. The van der Waals surface area contributed by atoms with E-state index < -0.39 is 18.3 Å². The maximum Gasteiger partial charge on any atom is 0.495 e. The highest BCUT2D eigenvalue weighted by molar-refractivity contribution is 6.62. The molecule has 0 atom stereocenters. The average molecular weight is 294 g/mol. The summed E-state index contributed by atoms with van der Waals surface area (Å²) < 4.78 is 22.7. The van der Waals surface area contributed by atoms with Crippen LogP contribution in [0.25, 0.3) is 0 Å². The largest absolute Gasteiger partial charge is 0.496 e. The van der Waals surface area contributed by atoms with Crippen molar-refractivity contribution in [3.63, 3.8) is 0 Å². The summed E-state index contributed by atoms with van der Waals surface area (Å²) in [6.07, 6.45) is 0. The van der Waals surface area contributed by atoms with Gasteiger partial charge in [-0.05, 0) is 45.3 Å². The third kappa shape index (κ3) is 2.75. The van der Waals surface area contributed by atoms with E-state index in [4.69, 9.17) is 18.8 Å². The minimum atomic E-state index is -0.495. The number of methoxy groups -OCH3 is 2. The molecular formula is C15H23BO5. The molecule has 5 nitrogen and oxygen atoms in total. The van der Waals surface area contributed by atoms with Crippen LogP contribution in [-0.2, 0) is 15.9 Å². The molecule has 6 heteroatoms. The van der Waals surface area contributed by atoms with Crippen molar-refractivity contribution < 1.29 is 23.9 Å². The van der Waals surface area contributed by atoms with Crippen molar-refractivity contribution in [1.82, 2.24) is 0 Å². The fourth-order valence-corrected chi connectivity index (χ4v) is 2.28. The van der Waals surface area contributed by atoms with Crippen LogP contribution in [0.4, 0.5) is 0 Å². The van der Waals surface area contributed by atoms with Gasteiger partial charge in [-0.1, -0.05) is 0 Å². The Kier molecular flexibility index (Phi) is 4.24. The van der Waals surface area contributed by atoms with Crippen LogP contribution < -0.4 is 14.9 Å². The van der Waals surface area contributed by atoms with Crippen molar-refractivity contribution in [2.75, 3.05) is 14.2 Å². The Morgan fingerprint density at radius 2 is 1.43 bits per heavy atom. The molecule has 116 valence electrons. The molecule has 21 heavy (non-hydrogen) atoms. The Morgan fingerprint density at radius 3 is 1.76 bits per heavy atom. The molecule has 0 aromatic heterocycles. The maximum atomic E-state index is 9.46. The lowest BCUT2D eigenvalue weighted by Crippen LogP contribution is -2.41. The molecule has 0 bridgehead atoms. The highest BCUT2D eigenvalue weighted by Gasteiger charge is 2.52. The fourth-order valence-electron chi connectivity index (χ4n) is 2.28. The van der Waals surface area contributed by atoms with Crippen LogP contribution in [0.3, 0.4) is 0 Å².